The lowest BCUT2D eigenvalue weighted by Gasteiger charge is -2.12. The average molecular weight is 351 g/mol. The Hall–Kier alpha value is -3.17. The van der Waals surface area contributed by atoms with Crippen LogP contribution in [0.5, 0.6) is 0 Å². The van der Waals surface area contributed by atoms with Crippen molar-refractivity contribution in [2.75, 3.05) is 10.6 Å². The summed E-state index contributed by atoms with van der Waals surface area (Å²) in [5.74, 6) is 0.837. The molecule has 0 aliphatic carbocycles. The van der Waals surface area contributed by atoms with Crippen LogP contribution in [0.15, 0.2) is 42.6 Å². The van der Waals surface area contributed by atoms with Gasteiger partial charge < -0.3 is 10.6 Å². The summed E-state index contributed by atoms with van der Waals surface area (Å²) in [4.78, 5) is 4.39. The van der Waals surface area contributed by atoms with Crippen molar-refractivity contribution in [2.45, 2.75) is 13.8 Å². The van der Waals surface area contributed by atoms with Gasteiger partial charge in [0.1, 0.15) is 0 Å². The molecule has 7 heteroatoms. The number of halogens is 1. The van der Waals surface area contributed by atoms with Crippen molar-refractivity contribution < 1.29 is 0 Å². The highest BCUT2D eigenvalue weighted by atomic mass is 35.5. The molecule has 0 aliphatic heterocycles. The molecule has 0 fully saturated rings. The third kappa shape index (κ3) is 4.03. The Balaban J connectivity index is 1.84. The van der Waals surface area contributed by atoms with Crippen LogP contribution in [0, 0.1) is 25.2 Å². The van der Waals surface area contributed by atoms with Gasteiger partial charge in [0, 0.05) is 5.69 Å². The monoisotopic (exact) mass is 350 g/mol. The number of nitrogens with zero attached hydrogens (tertiary/aromatic N) is 4. The van der Waals surface area contributed by atoms with Crippen molar-refractivity contribution in [3.05, 3.63) is 64.3 Å². The van der Waals surface area contributed by atoms with Gasteiger partial charge in [0.05, 0.1) is 28.5 Å². The molecule has 6 nitrogen and oxygen atoms in total. The van der Waals surface area contributed by atoms with E-state index in [1.807, 2.05) is 32.0 Å². The highest BCUT2D eigenvalue weighted by Gasteiger charge is 2.08. The van der Waals surface area contributed by atoms with E-state index in [1.54, 1.807) is 18.2 Å². The van der Waals surface area contributed by atoms with Gasteiger partial charge >= 0.3 is 0 Å². The Morgan fingerprint density at radius 2 is 1.96 bits per heavy atom. The highest BCUT2D eigenvalue weighted by molar-refractivity contribution is 6.33. The molecule has 2 N–H and O–H groups in total. The van der Waals surface area contributed by atoms with Gasteiger partial charge in [-0.3, -0.25) is 0 Å². The molecule has 0 saturated heterocycles. The smallest absolute Gasteiger partial charge is 0.249 e. The maximum Gasteiger partial charge on any atom is 0.249 e. The molecule has 3 aromatic rings. The van der Waals surface area contributed by atoms with Crippen molar-refractivity contribution in [1.82, 2.24) is 15.2 Å². The zero-order valence-corrected chi connectivity index (χ0v) is 14.5. The predicted molar refractivity (Wildman–Crippen MR) is 98.5 cm³/mol. The number of nitrogens with one attached hydrogen (secondary N) is 2. The van der Waals surface area contributed by atoms with Crippen LogP contribution in [-0.2, 0) is 0 Å². The van der Waals surface area contributed by atoms with Gasteiger partial charge in [-0.15, -0.1) is 5.10 Å². The first kappa shape index (κ1) is 16.7. The number of aryl methyl sites for hydroxylation is 2. The van der Waals surface area contributed by atoms with E-state index in [4.69, 9.17) is 16.9 Å². The largest absolute Gasteiger partial charge is 0.337 e. The second-order valence-corrected chi connectivity index (χ2v) is 5.95. The zero-order valence-electron chi connectivity index (χ0n) is 13.7. The van der Waals surface area contributed by atoms with Crippen LogP contribution in [0.2, 0.25) is 5.02 Å². The molecule has 25 heavy (non-hydrogen) atoms. The number of benzene rings is 2. The van der Waals surface area contributed by atoms with Crippen molar-refractivity contribution in [1.29, 1.82) is 5.26 Å². The topological polar surface area (TPSA) is 86.5 Å². The van der Waals surface area contributed by atoms with Crippen LogP contribution in [0.3, 0.4) is 0 Å². The Morgan fingerprint density at radius 3 is 2.72 bits per heavy atom. The Bertz CT molecular complexity index is 941. The first-order valence-corrected chi connectivity index (χ1v) is 7.93. The minimum atomic E-state index is 0.320. The quantitative estimate of drug-likeness (QED) is 0.720. The average Bonchev–Trinajstić information content (AvgIpc) is 2.58. The molecule has 0 saturated carbocycles. The van der Waals surface area contributed by atoms with Crippen LogP contribution in [0.1, 0.15) is 16.7 Å². The fourth-order valence-corrected chi connectivity index (χ4v) is 2.78. The van der Waals surface area contributed by atoms with Gasteiger partial charge in [-0.2, -0.15) is 15.3 Å². The SMILES string of the molecule is Cc1cc(C)c(Nc2cnnc(Nc3cccc(C#N)c3)n2)c(Cl)c1. The van der Waals surface area contributed by atoms with Gasteiger partial charge in [-0.1, -0.05) is 23.7 Å². The Labute approximate surface area is 150 Å². The van der Waals surface area contributed by atoms with E-state index in [-0.39, 0.29) is 0 Å². The number of hydrogen-bond donors (Lipinski definition) is 2. The van der Waals surface area contributed by atoms with E-state index in [0.717, 1.165) is 16.8 Å². The van der Waals surface area contributed by atoms with E-state index in [9.17, 15) is 0 Å². The number of nitriles is 1. The molecule has 0 radical (unpaired) electrons. The molecular formula is C18H15ClN6. The van der Waals surface area contributed by atoms with Gasteiger partial charge in [0.2, 0.25) is 5.95 Å². The molecule has 124 valence electrons. The number of anilines is 4. The van der Waals surface area contributed by atoms with Crippen LogP contribution >= 0.6 is 11.6 Å². The van der Waals surface area contributed by atoms with Crippen molar-refractivity contribution >= 4 is 34.7 Å². The lowest BCUT2D eigenvalue weighted by Crippen LogP contribution is -2.03. The minimum absolute atomic E-state index is 0.320. The highest BCUT2D eigenvalue weighted by Crippen LogP contribution is 2.29. The van der Waals surface area contributed by atoms with Gasteiger partial charge in [0.25, 0.3) is 0 Å². The molecular weight excluding hydrogens is 336 g/mol. The summed E-state index contributed by atoms with van der Waals surface area (Å²) in [5, 5.41) is 23.7. The summed E-state index contributed by atoms with van der Waals surface area (Å²) in [6.07, 6.45) is 1.52. The molecule has 0 spiro atoms. The third-order valence-corrected chi connectivity index (χ3v) is 3.79. The van der Waals surface area contributed by atoms with Crippen LogP contribution < -0.4 is 10.6 Å². The Kier molecular flexibility index (Phi) is 4.78. The van der Waals surface area contributed by atoms with E-state index < -0.39 is 0 Å². The van der Waals surface area contributed by atoms with Gasteiger partial charge in [-0.25, -0.2) is 0 Å². The van der Waals surface area contributed by atoms with Crippen LogP contribution in [0.25, 0.3) is 0 Å². The maximum absolute atomic E-state index is 8.96. The molecule has 0 amide bonds. The summed E-state index contributed by atoms with van der Waals surface area (Å²) in [6, 6.07) is 13.1. The fraction of sp³-hybridized carbons (Fsp3) is 0.111. The van der Waals surface area contributed by atoms with E-state index in [1.165, 1.54) is 6.20 Å². The molecule has 1 aromatic heterocycles. The first-order chi connectivity index (χ1) is 12.0. The zero-order chi connectivity index (χ0) is 17.8. The summed E-state index contributed by atoms with van der Waals surface area (Å²) in [5.41, 5.74) is 4.15. The normalized spacial score (nSPS) is 10.2. The lowest BCUT2D eigenvalue weighted by molar-refractivity contribution is 0.982. The second-order valence-electron chi connectivity index (χ2n) is 5.55. The lowest BCUT2D eigenvalue weighted by atomic mass is 10.1. The second kappa shape index (κ2) is 7.16. The summed E-state index contributed by atoms with van der Waals surface area (Å²) >= 11 is 6.32. The molecule has 1 heterocycles. The van der Waals surface area contributed by atoms with E-state index >= 15 is 0 Å². The number of aromatic nitrogens is 3. The molecule has 0 bridgehead atoms. The van der Waals surface area contributed by atoms with Crippen LogP contribution in [-0.4, -0.2) is 15.2 Å². The first-order valence-electron chi connectivity index (χ1n) is 7.56. The number of rotatable bonds is 4. The van der Waals surface area contributed by atoms with Crippen molar-refractivity contribution in [3.8, 4) is 6.07 Å². The third-order valence-electron chi connectivity index (χ3n) is 3.49. The number of hydrogen-bond acceptors (Lipinski definition) is 6. The molecule has 0 unspecified atom stereocenters. The molecule has 3 rings (SSSR count). The minimum Gasteiger partial charge on any atom is -0.337 e. The standard InChI is InChI=1S/C18H15ClN6/c1-11-6-12(2)17(15(19)7-11)23-16-10-21-25-18(24-16)22-14-5-3-4-13(8-14)9-20/h3-8,10H,1-2H3,(H2,22,23,24,25). The predicted octanol–water partition coefficient (Wildman–Crippen LogP) is 4.50. The van der Waals surface area contributed by atoms with Crippen LogP contribution in [0.4, 0.5) is 23.1 Å². The Morgan fingerprint density at radius 1 is 1.12 bits per heavy atom. The maximum atomic E-state index is 8.96. The van der Waals surface area contributed by atoms with Crippen molar-refractivity contribution in [3.63, 3.8) is 0 Å². The van der Waals surface area contributed by atoms with E-state index in [0.29, 0.717) is 28.0 Å². The molecule has 0 atom stereocenters. The summed E-state index contributed by atoms with van der Waals surface area (Å²) in [6.45, 7) is 3.97. The fourth-order valence-electron chi connectivity index (χ4n) is 2.41. The van der Waals surface area contributed by atoms with E-state index in [2.05, 4.69) is 31.9 Å². The summed E-state index contributed by atoms with van der Waals surface area (Å²) in [7, 11) is 0. The van der Waals surface area contributed by atoms with Gasteiger partial charge in [-0.05, 0) is 49.2 Å². The van der Waals surface area contributed by atoms with Gasteiger partial charge in [0.15, 0.2) is 5.82 Å². The molecule has 2 aromatic carbocycles. The van der Waals surface area contributed by atoms with Crippen molar-refractivity contribution in [2.24, 2.45) is 0 Å². The molecule has 0 aliphatic rings. The summed E-state index contributed by atoms with van der Waals surface area (Å²) < 4.78 is 0.